The van der Waals surface area contributed by atoms with E-state index >= 15 is 0 Å². The molecule has 86 valence electrons. The van der Waals surface area contributed by atoms with Crippen LogP contribution in [0, 0.1) is 5.92 Å². The first-order valence-corrected chi connectivity index (χ1v) is 6.31. The van der Waals surface area contributed by atoms with Gasteiger partial charge in [-0.15, -0.1) is 0 Å². The van der Waals surface area contributed by atoms with E-state index in [4.69, 9.17) is 10.2 Å². The van der Waals surface area contributed by atoms with Gasteiger partial charge in [0.05, 0.1) is 6.54 Å². The lowest BCUT2D eigenvalue weighted by Crippen LogP contribution is -2.01. The maximum absolute atomic E-state index is 5.76. The number of benzene rings is 1. The second kappa shape index (κ2) is 4.60. The molecule has 0 aliphatic heterocycles. The zero-order valence-electron chi connectivity index (χ0n) is 9.59. The van der Waals surface area contributed by atoms with E-state index in [1.54, 1.807) is 0 Å². The number of fused-ring (bicyclic) bond motifs is 1. The van der Waals surface area contributed by atoms with Crippen LogP contribution in [0.15, 0.2) is 27.1 Å². The van der Waals surface area contributed by atoms with Crippen molar-refractivity contribution in [3.05, 3.63) is 34.0 Å². The molecule has 2 rings (SSSR count). The fourth-order valence-corrected chi connectivity index (χ4v) is 2.33. The summed E-state index contributed by atoms with van der Waals surface area (Å²) in [5.41, 5.74) is 7.91. The summed E-state index contributed by atoms with van der Waals surface area (Å²) in [7, 11) is 0. The van der Waals surface area contributed by atoms with Crippen LogP contribution in [0.3, 0.4) is 0 Å². The number of nitrogens with two attached hydrogens (primary N) is 1. The molecule has 0 saturated heterocycles. The molecule has 0 radical (unpaired) electrons. The normalized spacial score (nSPS) is 11.6. The molecular weight excluding hydrogens is 266 g/mol. The third-order valence-corrected chi connectivity index (χ3v) is 3.13. The van der Waals surface area contributed by atoms with Crippen molar-refractivity contribution in [2.45, 2.75) is 26.8 Å². The van der Waals surface area contributed by atoms with Gasteiger partial charge in [-0.25, -0.2) is 0 Å². The summed E-state index contributed by atoms with van der Waals surface area (Å²) in [6.45, 7) is 4.88. The van der Waals surface area contributed by atoms with Gasteiger partial charge in [-0.05, 0) is 30.5 Å². The summed E-state index contributed by atoms with van der Waals surface area (Å²) in [5, 5.41) is 1.18. The van der Waals surface area contributed by atoms with Crippen LogP contribution >= 0.6 is 15.9 Å². The van der Waals surface area contributed by atoms with Gasteiger partial charge in [0.2, 0.25) is 0 Å². The maximum Gasteiger partial charge on any atom is 0.134 e. The molecule has 1 aromatic carbocycles. The maximum atomic E-state index is 5.76. The Morgan fingerprint density at radius 3 is 2.75 bits per heavy atom. The molecule has 1 heterocycles. The van der Waals surface area contributed by atoms with Gasteiger partial charge in [-0.1, -0.05) is 29.8 Å². The summed E-state index contributed by atoms with van der Waals surface area (Å²) < 4.78 is 6.84. The summed E-state index contributed by atoms with van der Waals surface area (Å²) in [6, 6.07) is 6.09. The Morgan fingerprint density at radius 1 is 1.38 bits per heavy atom. The monoisotopic (exact) mass is 281 g/mol. The van der Waals surface area contributed by atoms with Crippen molar-refractivity contribution in [2.24, 2.45) is 11.7 Å². The fourth-order valence-electron chi connectivity index (χ4n) is 1.97. The molecule has 0 unspecified atom stereocenters. The Hall–Kier alpha value is -0.800. The van der Waals surface area contributed by atoms with Crippen molar-refractivity contribution in [3.8, 4) is 0 Å². The lowest BCUT2D eigenvalue weighted by Gasteiger charge is -2.04. The number of hydrogen-bond donors (Lipinski definition) is 1. The largest absolute Gasteiger partial charge is 0.459 e. The minimum absolute atomic E-state index is 0.467. The molecule has 0 bridgehead atoms. The molecule has 3 heteroatoms. The minimum atomic E-state index is 0.467. The van der Waals surface area contributed by atoms with Crippen molar-refractivity contribution < 1.29 is 4.42 Å². The molecule has 16 heavy (non-hydrogen) atoms. The van der Waals surface area contributed by atoms with Gasteiger partial charge in [0.1, 0.15) is 11.3 Å². The SMILES string of the molecule is CC(C)Cc1c(CN)oc2ccc(Br)cc12. The Kier molecular flexibility index (Phi) is 3.36. The van der Waals surface area contributed by atoms with Crippen molar-refractivity contribution in [1.82, 2.24) is 0 Å². The van der Waals surface area contributed by atoms with E-state index in [1.807, 2.05) is 12.1 Å². The molecule has 0 spiro atoms. The summed E-state index contributed by atoms with van der Waals surface area (Å²) in [5.74, 6) is 1.52. The molecule has 0 saturated carbocycles. The van der Waals surface area contributed by atoms with Crippen LogP contribution in [0.25, 0.3) is 11.0 Å². The molecule has 2 nitrogen and oxygen atoms in total. The van der Waals surface area contributed by atoms with Gasteiger partial charge in [-0.3, -0.25) is 0 Å². The van der Waals surface area contributed by atoms with Gasteiger partial charge in [0, 0.05) is 15.4 Å². The summed E-state index contributed by atoms with van der Waals surface area (Å²) >= 11 is 3.49. The van der Waals surface area contributed by atoms with Gasteiger partial charge in [-0.2, -0.15) is 0 Å². The molecule has 0 amide bonds. The zero-order chi connectivity index (χ0) is 11.7. The van der Waals surface area contributed by atoms with Gasteiger partial charge in [0.25, 0.3) is 0 Å². The third kappa shape index (κ3) is 2.15. The Balaban J connectivity index is 2.60. The van der Waals surface area contributed by atoms with Crippen LogP contribution in [0.2, 0.25) is 0 Å². The second-order valence-corrected chi connectivity index (χ2v) is 5.36. The first kappa shape index (κ1) is 11.7. The van der Waals surface area contributed by atoms with Crippen LogP contribution in [0.4, 0.5) is 0 Å². The van der Waals surface area contributed by atoms with Crippen LogP contribution in [-0.2, 0) is 13.0 Å². The fraction of sp³-hybridized carbons (Fsp3) is 0.385. The molecule has 2 N–H and O–H groups in total. The number of hydrogen-bond acceptors (Lipinski definition) is 2. The van der Waals surface area contributed by atoms with Crippen LogP contribution in [0.1, 0.15) is 25.2 Å². The van der Waals surface area contributed by atoms with Crippen molar-refractivity contribution in [3.63, 3.8) is 0 Å². The zero-order valence-corrected chi connectivity index (χ0v) is 11.2. The van der Waals surface area contributed by atoms with E-state index in [0.717, 1.165) is 22.2 Å². The average Bonchev–Trinajstić information content (AvgIpc) is 2.56. The minimum Gasteiger partial charge on any atom is -0.459 e. The van der Waals surface area contributed by atoms with Crippen LogP contribution in [0.5, 0.6) is 0 Å². The van der Waals surface area contributed by atoms with E-state index < -0.39 is 0 Å². The van der Waals surface area contributed by atoms with E-state index in [-0.39, 0.29) is 0 Å². The van der Waals surface area contributed by atoms with Crippen molar-refractivity contribution in [1.29, 1.82) is 0 Å². The van der Waals surface area contributed by atoms with Gasteiger partial charge < -0.3 is 10.2 Å². The molecule has 0 aliphatic rings. The highest BCUT2D eigenvalue weighted by molar-refractivity contribution is 9.10. The highest BCUT2D eigenvalue weighted by Crippen LogP contribution is 2.30. The Labute approximate surface area is 104 Å². The van der Waals surface area contributed by atoms with Crippen LogP contribution < -0.4 is 5.73 Å². The van der Waals surface area contributed by atoms with E-state index in [9.17, 15) is 0 Å². The molecule has 1 aromatic heterocycles. The number of rotatable bonds is 3. The first-order valence-electron chi connectivity index (χ1n) is 5.51. The molecule has 0 fully saturated rings. The highest BCUT2D eigenvalue weighted by Gasteiger charge is 2.14. The third-order valence-electron chi connectivity index (χ3n) is 2.63. The Morgan fingerprint density at radius 2 is 2.12 bits per heavy atom. The predicted molar refractivity (Wildman–Crippen MR) is 70.3 cm³/mol. The molecule has 2 aromatic rings. The quantitative estimate of drug-likeness (QED) is 0.928. The number of furan rings is 1. The van der Waals surface area contributed by atoms with Gasteiger partial charge in [0.15, 0.2) is 0 Å². The highest BCUT2D eigenvalue weighted by atomic mass is 79.9. The van der Waals surface area contributed by atoms with Crippen molar-refractivity contribution in [2.75, 3.05) is 0 Å². The summed E-state index contributed by atoms with van der Waals surface area (Å²) in [6.07, 6.45) is 1.01. The first-order chi connectivity index (χ1) is 7.61. The standard InChI is InChI=1S/C13H16BrNO/c1-8(2)5-10-11-6-9(14)3-4-12(11)16-13(10)7-15/h3-4,6,8H,5,7,15H2,1-2H3. The van der Waals surface area contributed by atoms with E-state index in [0.29, 0.717) is 12.5 Å². The Bertz CT molecular complexity index is 502. The predicted octanol–water partition coefficient (Wildman–Crippen LogP) is 3.85. The molecule has 0 aliphatic carbocycles. The van der Waals surface area contributed by atoms with Crippen LogP contribution in [-0.4, -0.2) is 0 Å². The van der Waals surface area contributed by atoms with E-state index in [2.05, 4.69) is 35.8 Å². The topological polar surface area (TPSA) is 39.2 Å². The molecule has 0 atom stereocenters. The number of halogens is 1. The molecular formula is C13H16BrNO. The lowest BCUT2D eigenvalue weighted by molar-refractivity contribution is 0.535. The average molecular weight is 282 g/mol. The lowest BCUT2D eigenvalue weighted by atomic mass is 10.00. The second-order valence-electron chi connectivity index (χ2n) is 4.45. The van der Waals surface area contributed by atoms with Crippen molar-refractivity contribution >= 4 is 26.9 Å². The van der Waals surface area contributed by atoms with E-state index in [1.165, 1.54) is 10.9 Å². The van der Waals surface area contributed by atoms with Gasteiger partial charge >= 0.3 is 0 Å². The summed E-state index contributed by atoms with van der Waals surface area (Å²) in [4.78, 5) is 0. The smallest absolute Gasteiger partial charge is 0.134 e.